The summed E-state index contributed by atoms with van der Waals surface area (Å²) in [6, 6.07) is 9.23. The molecular weight excluding hydrogens is 305 g/mol. The number of hydrogen-bond acceptors (Lipinski definition) is 2. The fraction of sp³-hybridized carbons (Fsp3) is 0. The number of para-hydroxylation sites is 1. The van der Waals surface area contributed by atoms with Crippen molar-refractivity contribution in [2.24, 2.45) is 0 Å². The van der Waals surface area contributed by atoms with Gasteiger partial charge in [0.2, 0.25) is 0 Å². The molecule has 0 radical (unpaired) electrons. The molecule has 0 aliphatic heterocycles. The Labute approximate surface area is 101 Å². The van der Waals surface area contributed by atoms with Crippen LogP contribution in [-0.4, -0.2) is 5.91 Å². The first-order valence-corrected chi connectivity index (χ1v) is 5.43. The fourth-order valence-electron chi connectivity index (χ4n) is 1.15. The number of rotatable bonds is 2. The van der Waals surface area contributed by atoms with Gasteiger partial charge in [-0.05, 0) is 40.8 Å². The second-order valence-electron chi connectivity index (χ2n) is 2.95. The van der Waals surface area contributed by atoms with E-state index >= 15 is 0 Å². The van der Waals surface area contributed by atoms with Crippen LogP contribution in [0.15, 0.2) is 47.3 Å². The summed E-state index contributed by atoms with van der Waals surface area (Å²) in [7, 11) is 0. The van der Waals surface area contributed by atoms with Crippen molar-refractivity contribution < 1.29 is 9.21 Å². The van der Waals surface area contributed by atoms with E-state index in [1.165, 1.54) is 12.5 Å². The van der Waals surface area contributed by atoms with Crippen LogP contribution in [0.4, 0.5) is 5.69 Å². The molecule has 0 fully saturated rings. The van der Waals surface area contributed by atoms with Crippen LogP contribution in [0.25, 0.3) is 0 Å². The van der Waals surface area contributed by atoms with E-state index in [9.17, 15) is 4.79 Å². The summed E-state index contributed by atoms with van der Waals surface area (Å²) < 4.78 is 5.85. The molecule has 0 saturated carbocycles. The Morgan fingerprint density at radius 1 is 1.27 bits per heavy atom. The maximum absolute atomic E-state index is 11.7. The Bertz CT molecular complexity index is 465. The monoisotopic (exact) mass is 313 g/mol. The van der Waals surface area contributed by atoms with Crippen LogP contribution >= 0.6 is 22.6 Å². The topological polar surface area (TPSA) is 42.2 Å². The normalized spacial score (nSPS) is 9.93. The van der Waals surface area contributed by atoms with Crippen LogP contribution in [0.1, 0.15) is 10.4 Å². The first-order chi connectivity index (χ1) is 7.27. The summed E-state index contributed by atoms with van der Waals surface area (Å²) in [5, 5.41) is 2.81. The third kappa shape index (κ3) is 2.38. The lowest BCUT2D eigenvalue weighted by Crippen LogP contribution is -2.11. The minimum absolute atomic E-state index is 0.159. The molecule has 0 aliphatic carbocycles. The van der Waals surface area contributed by atoms with Gasteiger partial charge in [-0.2, -0.15) is 0 Å². The average Bonchev–Trinajstić information content (AvgIpc) is 2.74. The maximum atomic E-state index is 11.7. The number of carbonyl (C=O) groups is 1. The molecule has 4 heteroatoms. The third-order valence-electron chi connectivity index (χ3n) is 1.91. The molecule has 76 valence electrons. The number of anilines is 1. The standard InChI is InChI=1S/C11H8INO2/c12-9-3-1-2-4-10(9)13-11(14)8-5-6-15-7-8/h1-7H,(H,13,14). The lowest BCUT2D eigenvalue weighted by molar-refractivity contribution is 0.102. The van der Waals surface area contributed by atoms with Gasteiger partial charge in [0.15, 0.2) is 0 Å². The Hall–Kier alpha value is -1.30. The lowest BCUT2D eigenvalue weighted by Gasteiger charge is -2.04. The molecule has 1 heterocycles. The van der Waals surface area contributed by atoms with Gasteiger partial charge in [-0.15, -0.1) is 0 Å². The summed E-state index contributed by atoms with van der Waals surface area (Å²) in [6.07, 6.45) is 2.90. The number of halogens is 1. The highest BCUT2D eigenvalue weighted by molar-refractivity contribution is 14.1. The van der Waals surface area contributed by atoms with Crippen LogP contribution < -0.4 is 5.32 Å². The van der Waals surface area contributed by atoms with Crippen molar-refractivity contribution in [1.82, 2.24) is 0 Å². The van der Waals surface area contributed by atoms with E-state index in [1.54, 1.807) is 6.07 Å². The average molecular weight is 313 g/mol. The summed E-state index contributed by atoms with van der Waals surface area (Å²) in [5.74, 6) is -0.159. The molecule has 2 aromatic rings. The molecular formula is C11H8INO2. The molecule has 2 rings (SSSR count). The molecule has 0 unspecified atom stereocenters. The molecule has 1 N–H and O–H groups in total. The Morgan fingerprint density at radius 3 is 2.73 bits per heavy atom. The number of hydrogen-bond donors (Lipinski definition) is 1. The molecule has 0 spiro atoms. The molecule has 1 aromatic carbocycles. The van der Waals surface area contributed by atoms with Crippen LogP contribution in [0.2, 0.25) is 0 Å². The van der Waals surface area contributed by atoms with Crippen LogP contribution in [0.5, 0.6) is 0 Å². The molecule has 1 aromatic heterocycles. The van der Waals surface area contributed by atoms with Gasteiger partial charge in [-0.25, -0.2) is 0 Å². The maximum Gasteiger partial charge on any atom is 0.258 e. The van der Waals surface area contributed by atoms with Crippen molar-refractivity contribution in [2.75, 3.05) is 5.32 Å². The number of carbonyl (C=O) groups excluding carboxylic acids is 1. The van der Waals surface area contributed by atoms with Crippen LogP contribution in [-0.2, 0) is 0 Å². The van der Waals surface area contributed by atoms with E-state index in [1.807, 2.05) is 24.3 Å². The zero-order valence-electron chi connectivity index (χ0n) is 7.74. The first kappa shape index (κ1) is 10.2. The van der Waals surface area contributed by atoms with Gasteiger partial charge in [0.1, 0.15) is 6.26 Å². The lowest BCUT2D eigenvalue weighted by atomic mass is 10.3. The summed E-state index contributed by atoms with van der Waals surface area (Å²) in [5.41, 5.74) is 1.33. The molecule has 1 amide bonds. The van der Waals surface area contributed by atoms with E-state index < -0.39 is 0 Å². The van der Waals surface area contributed by atoms with Gasteiger partial charge in [-0.3, -0.25) is 4.79 Å². The van der Waals surface area contributed by atoms with Crippen molar-refractivity contribution in [3.63, 3.8) is 0 Å². The highest BCUT2D eigenvalue weighted by atomic mass is 127. The largest absolute Gasteiger partial charge is 0.472 e. The summed E-state index contributed by atoms with van der Waals surface area (Å²) in [6.45, 7) is 0. The summed E-state index contributed by atoms with van der Waals surface area (Å²) in [4.78, 5) is 11.7. The van der Waals surface area contributed by atoms with E-state index in [2.05, 4.69) is 27.9 Å². The predicted octanol–water partition coefficient (Wildman–Crippen LogP) is 3.14. The second kappa shape index (κ2) is 4.48. The molecule has 0 bridgehead atoms. The first-order valence-electron chi connectivity index (χ1n) is 4.35. The Morgan fingerprint density at radius 2 is 2.07 bits per heavy atom. The van der Waals surface area contributed by atoms with Crippen molar-refractivity contribution in [3.05, 3.63) is 52.0 Å². The summed E-state index contributed by atoms with van der Waals surface area (Å²) >= 11 is 2.17. The van der Waals surface area contributed by atoms with Crippen LogP contribution in [0, 0.1) is 3.57 Å². The van der Waals surface area contributed by atoms with Gasteiger partial charge in [0.05, 0.1) is 17.5 Å². The quantitative estimate of drug-likeness (QED) is 0.866. The number of benzene rings is 1. The number of amides is 1. The van der Waals surface area contributed by atoms with Crippen molar-refractivity contribution in [3.8, 4) is 0 Å². The van der Waals surface area contributed by atoms with Gasteiger partial charge < -0.3 is 9.73 Å². The SMILES string of the molecule is O=C(Nc1ccccc1I)c1ccoc1. The number of nitrogens with one attached hydrogen (secondary N) is 1. The van der Waals surface area contributed by atoms with E-state index in [0.29, 0.717) is 5.56 Å². The minimum atomic E-state index is -0.159. The highest BCUT2D eigenvalue weighted by Gasteiger charge is 2.08. The van der Waals surface area contributed by atoms with Gasteiger partial charge in [0, 0.05) is 3.57 Å². The zero-order chi connectivity index (χ0) is 10.7. The number of furan rings is 1. The highest BCUT2D eigenvalue weighted by Crippen LogP contribution is 2.17. The molecule has 0 atom stereocenters. The van der Waals surface area contributed by atoms with E-state index in [0.717, 1.165) is 9.26 Å². The Kier molecular flexibility index (Phi) is 3.05. The van der Waals surface area contributed by atoms with E-state index in [4.69, 9.17) is 4.42 Å². The van der Waals surface area contributed by atoms with Gasteiger partial charge in [-0.1, -0.05) is 12.1 Å². The fourth-order valence-corrected chi connectivity index (χ4v) is 1.67. The van der Waals surface area contributed by atoms with Crippen LogP contribution in [0.3, 0.4) is 0 Å². The van der Waals surface area contributed by atoms with Gasteiger partial charge in [0.25, 0.3) is 5.91 Å². The van der Waals surface area contributed by atoms with E-state index in [-0.39, 0.29) is 5.91 Å². The molecule has 0 aliphatic rings. The molecule has 15 heavy (non-hydrogen) atoms. The smallest absolute Gasteiger partial charge is 0.258 e. The van der Waals surface area contributed by atoms with Crippen molar-refractivity contribution >= 4 is 34.2 Å². The van der Waals surface area contributed by atoms with Crippen molar-refractivity contribution in [1.29, 1.82) is 0 Å². The Balaban J connectivity index is 2.17. The van der Waals surface area contributed by atoms with Gasteiger partial charge >= 0.3 is 0 Å². The zero-order valence-corrected chi connectivity index (χ0v) is 9.89. The van der Waals surface area contributed by atoms with Crippen molar-refractivity contribution in [2.45, 2.75) is 0 Å². The predicted molar refractivity (Wildman–Crippen MR) is 65.8 cm³/mol. The molecule has 3 nitrogen and oxygen atoms in total. The molecule has 0 saturated heterocycles. The second-order valence-corrected chi connectivity index (χ2v) is 4.11. The minimum Gasteiger partial charge on any atom is -0.472 e. The third-order valence-corrected chi connectivity index (χ3v) is 2.85.